The van der Waals surface area contributed by atoms with Crippen LogP contribution in [-0.4, -0.2) is 54.7 Å². The average Bonchev–Trinajstić information content (AvgIpc) is 3.31. The molecule has 0 aliphatic carbocycles. The van der Waals surface area contributed by atoms with E-state index in [4.69, 9.17) is 4.74 Å². The predicted octanol–water partition coefficient (Wildman–Crippen LogP) is 3.01. The second-order valence-electron chi connectivity index (χ2n) is 6.87. The fraction of sp³-hybridized carbons (Fsp3) is 0.750. The van der Waals surface area contributed by atoms with Gasteiger partial charge in [0.05, 0.1) is 17.2 Å². The summed E-state index contributed by atoms with van der Waals surface area (Å²) in [7, 11) is 1.74. The fourth-order valence-corrected chi connectivity index (χ4v) is 5.11. The summed E-state index contributed by atoms with van der Waals surface area (Å²) in [4.78, 5) is 10.3. The van der Waals surface area contributed by atoms with Crippen LogP contribution in [0.4, 0.5) is 13.2 Å². The van der Waals surface area contributed by atoms with E-state index in [2.05, 4.69) is 20.2 Å². The largest absolute Gasteiger partial charge is 0.434 e. The van der Waals surface area contributed by atoms with Gasteiger partial charge < -0.3 is 15.0 Å². The summed E-state index contributed by atoms with van der Waals surface area (Å²) >= 11 is 1.05. The van der Waals surface area contributed by atoms with Gasteiger partial charge in [0.2, 0.25) is 0 Å². The van der Waals surface area contributed by atoms with Crippen molar-refractivity contribution in [2.45, 2.75) is 37.6 Å². The van der Waals surface area contributed by atoms with E-state index in [1.165, 1.54) is 0 Å². The van der Waals surface area contributed by atoms with Gasteiger partial charge in [-0.05, 0) is 12.8 Å². The summed E-state index contributed by atoms with van der Waals surface area (Å²) in [6, 6.07) is 0. The number of ether oxygens (including phenoxy) is 1. The van der Waals surface area contributed by atoms with Gasteiger partial charge in [0.25, 0.3) is 0 Å². The lowest BCUT2D eigenvalue weighted by Gasteiger charge is -2.23. The lowest BCUT2D eigenvalue weighted by molar-refractivity contribution is -0.140. The molecule has 3 aliphatic rings. The Morgan fingerprint density at radius 1 is 1.35 bits per heavy atom. The Morgan fingerprint density at radius 2 is 2.00 bits per heavy atom. The molecule has 3 aliphatic heterocycles. The third-order valence-corrected chi connectivity index (χ3v) is 6.34. The zero-order chi connectivity index (χ0) is 17.6. The topological polar surface area (TPSA) is 49.8 Å². The summed E-state index contributed by atoms with van der Waals surface area (Å²) in [5.41, 5.74) is -0.806. The van der Waals surface area contributed by atoms with Gasteiger partial charge in [-0.25, -0.2) is 4.98 Å². The zero-order valence-electron chi connectivity index (χ0n) is 14.3. The number of hydrogen-bond donors (Lipinski definition) is 1. The van der Waals surface area contributed by atoms with E-state index in [1.54, 1.807) is 7.05 Å². The highest BCUT2D eigenvalue weighted by atomic mass is 127. The van der Waals surface area contributed by atoms with Crippen molar-refractivity contribution >= 4 is 41.3 Å². The van der Waals surface area contributed by atoms with Crippen LogP contribution in [-0.2, 0) is 17.3 Å². The van der Waals surface area contributed by atoms with Gasteiger partial charge in [0, 0.05) is 50.3 Å². The Morgan fingerprint density at radius 3 is 2.54 bits per heavy atom. The van der Waals surface area contributed by atoms with Crippen LogP contribution < -0.4 is 5.32 Å². The Balaban J connectivity index is 0.00000196. The highest BCUT2D eigenvalue weighted by Gasteiger charge is 2.53. The maximum Gasteiger partial charge on any atom is 0.434 e. The molecule has 4 atom stereocenters. The molecule has 0 aromatic carbocycles. The van der Waals surface area contributed by atoms with E-state index in [0.717, 1.165) is 48.6 Å². The number of halogens is 4. The third kappa shape index (κ3) is 3.82. The van der Waals surface area contributed by atoms with Gasteiger partial charge in [0.15, 0.2) is 11.7 Å². The molecule has 1 aromatic heterocycles. The van der Waals surface area contributed by atoms with Crippen LogP contribution >= 0.6 is 35.3 Å². The molecule has 4 rings (SSSR count). The van der Waals surface area contributed by atoms with Gasteiger partial charge in [-0.3, -0.25) is 4.99 Å². The van der Waals surface area contributed by atoms with Crippen LogP contribution in [0.5, 0.6) is 0 Å². The van der Waals surface area contributed by atoms with Crippen molar-refractivity contribution in [1.82, 2.24) is 15.2 Å². The Bertz CT molecular complexity index is 650. The van der Waals surface area contributed by atoms with E-state index in [-0.39, 0.29) is 24.0 Å². The molecule has 1 N–H and O–H groups in total. The number of thiazole rings is 1. The predicted molar refractivity (Wildman–Crippen MR) is 104 cm³/mol. The molecular formula is C16H22F3IN4OS. The lowest BCUT2D eigenvalue weighted by Crippen LogP contribution is -2.42. The molecular weight excluding hydrogens is 480 g/mol. The maximum absolute atomic E-state index is 12.6. The standard InChI is InChI=1S/C16H21F3N4OS.HI/c1-20-15(21-5-4-14-22-13(8-25-14)16(17,18)19)23-6-9-10(7-23)12-3-2-11(9)24-12;/h8-12H,2-7H2,1H3,(H,20,21);1H. The number of alkyl halides is 3. The molecule has 1 aromatic rings. The van der Waals surface area contributed by atoms with Crippen molar-refractivity contribution in [3.63, 3.8) is 0 Å². The van der Waals surface area contributed by atoms with E-state index in [1.807, 2.05) is 0 Å². The van der Waals surface area contributed by atoms with Crippen molar-refractivity contribution in [3.05, 3.63) is 16.1 Å². The SMILES string of the molecule is CN=C(NCCc1nc(C(F)(F)F)cs1)N1CC2C3CCC(O3)C2C1.I. The Kier molecular flexibility index (Phi) is 6.02. The van der Waals surface area contributed by atoms with Crippen LogP contribution in [0.1, 0.15) is 23.5 Å². The summed E-state index contributed by atoms with van der Waals surface area (Å²) in [5, 5.41) is 4.82. The number of hydrogen-bond acceptors (Lipinski definition) is 4. The number of nitrogens with zero attached hydrogens (tertiary/aromatic N) is 3. The van der Waals surface area contributed by atoms with E-state index in [0.29, 0.717) is 42.0 Å². The monoisotopic (exact) mass is 502 g/mol. The van der Waals surface area contributed by atoms with Crippen molar-refractivity contribution in [1.29, 1.82) is 0 Å². The molecule has 2 bridgehead atoms. The molecule has 10 heteroatoms. The molecule has 3 fully saturated rings. The number of likely N-dealkylation sites (tertiary alicyclic amines) is 1. The van der Waals surface area contributed by atoms with Crippen molar-refractivity contribution < 1.29 is 17.9 Å². The minimum absolute atomic E-state index is 0. The first-order chi connectivity index (χ1) is 12.0. The molecule has 26 heavy (non-hydrogen) atoms. The highest BCUT2D eigenvalue weighted by Crippen LogP contribution is 2.47. The van der Waals surface area contributed by atoms with Gasteiger partial charge in [0.1, 0.15) is 0 Å². The van der Waals surface area contributed by atoms with Crippen molar-refractivity contribution in [2.24, 2.45) is 16.8 Å². The molecule has 0 amide bonds. The minimum Gasteiger partial charge on any atom is -0.374 e. The summed E-state index contributed by atoms with van der Waals surface area (Å²) < 4.78 is 43.7. The molecule has 0 radical (unpaired) electrons. The zero-order valence-corrected chi connectivity index (χ0v) is 17.5. The lowest BCUT2D eigenvalue weighted by atomic mass is 9.82. The minimum atomic E-state index is -4.37. The third-order valence-electron chi connectivity index (χ3n) is 5.43. The van der Waals surface area contributed by atoms with Crippen molar-refractivity contribution in [3.8, 4) is 0 Å². The fourth-order valence-electron chi connectivity index (χ4n) is 4.30. The smallest absolute Gasteiger partial charge is 0.374 e. The van der Waals surface area contributed by atoms with E-state index in [9.17, 15) is 13.2 Å². The first-order valence-electron chi connectivity index (χ1n) is 8.58. The second-order valence-corrected chi connectivity index (χ2v) is 7.81. The summed E-state index contributed by atoms with van der Waals surface area (Å²) in [6.07, 6.45) is -0.792. The molecule has 0 spiro atoms. The van der Waals surface area contributed by atoms with E-state index >= 15 is 0 Å². The van der Waals surface area contributed by atoms with Gasteiger partial charge in [-0.2, -0.15) is 13.2 Å². The number of rotatable bonds is 3. The van der Waals surface area contributed by atoms with Crippen LogP contribution in [0.15, 0.2) is 10.4 Å². The van der Waals surface area contributed by atoms with Gasteiger partial charge in [-0.1, -0.05) is 0 Å². The van der Waals surface area contributed by atoms with Crippen LogP contribution in [0.3, 0.4) is 0 Å². The molecule has 5 nitrogen and oxygen atoms in total. The maximum atomic E-state index is 12.6. The van der Waals surface area contributed by atoms with Crippen molar-refractivity contribution in [2.75, 3.05) is 26.7 Å². The van der Waals surface area contributed by atoms with Crippen LogP contribution in [0.2, 0.25) is 0 Å². The molecule has 146 valence electrons. The number of nitrogens with one attached hydrogen (secondary N) is 1. The number of fused-ring (bicyclic) bond motifs is 5. The average molecular weight is 502 g/mol. The van der Waals surface area contributed by atoms with Crippen LogP contribution in [0.25, 0.3) is 0 Å². The second kappa shape index (κ2) is 7.78. The normalized spacial score (nSPS) is 30.5. The first kappa shape index (κ1) is 20.1. The highest BCUT2D eigenvalue weighted by molar-refractivity contribution is 14.0. The quantitative estimate of drug-likeness (QED) is 0.393. The molecule has 3 saturated heterocycles. The molecule has 0 saturated carbocycles. The van der Waals surface area contributed by atoms with Gasteiger partial charge in [-0.15, -0.1) is 35.3 Å². The molecule has 4 unspecified atom stereocenters. The van der Waals surface area contributed by atoms with Crippen LogP contribution in [0, 0.1) is 11.8 Å². The number of guanidine groups is 1. The Hall–Kier alpha value is -0.620. The Labute approximate surface area is 171 Å². The molecule has 4 heterocycles. The number of aromatic nitrogens is 1. The number of aliphatic imine (C=N–C) groups is 1. The van der Waals surface area contributed by atoms with Gasteiger partial charge >= 0.3 is 6.18 Å². The first-order valence-corrected chi connectivity index (χ1v) is 9.46. The summed E-state index contributed by atoms with van der Waals surface area (Å²) in [6.45, 7) is 2.41. The summed E-state index contributed by atoms with van der Waals surface area (Å²) in [5.74, 6) is 2.00. The van der Waals surface area contributed by atoms with E-state index < -0.39 is 11.9 Å².